The first-order valence-corrected chi connectivity index (χ1v) is 6.28. The van der Waals surface area contributed by atoms with E-state index in [1.807, 2.05) is 6.07 Å². The van der Waals surface area contributed by atoms with Crippen molar-refractivity contribution < 1.29 is 28.8 Å². The van der Waals surface area contributed by atoms with Gasteiger partial charge in [-0.05, 0) is 12.1 Å². The fourth-order valence-corrected chi connectivity index (χ4v) is 2.10. The van der Waals surface area contributed by atoms with Gasteiger partial charge in [-0.2, -0.15) is 0 Å². The van der Waals surface area contributed by atoms with E-state index in [-0.39, 0.29) is 6.61 Å². The standard InChI is InChI=1S/C14H18O6/c1-17-12-11(15)10(20-14(12)18-2)8-19-13(16)9-6-4-3-5-7-9/h3-7,10-12,14-15H,8H2,1-2H3/t10-,11?,12?,14+/m1/s1. The SMILES string of the molecule is COC1C(O)[C@@H](COC(=O)c2ccccc2)O[C@@H]1OC. The summed E-state index contributed by atoms with van der Waals surface area (Å²) in [5, 5.41) is 10.0. The van der Waals surface area contributed by atoms with Crippen LogP contribution in [-0.4, -0.2) is 56.5 Å². The van der Waals surface area contributed by atoms with Crippen LogP contribution in [0.15, 0.2) is 30.3 Å². The van der Waals surface area contributed by atoms with E-state index in [9.17, 15) is 9.90 Å². The molecule has 1 saturated heterocycles. The summed E-state index contributed by atoms with van der Waals surface area (Å²) >= 11 is 0. The number of methoxy groups -OCH3 is 2. The smallest absolute Gasteiger partial charge is 0.338 e. The van der Waals surface area contributed by atoms with Gasteiger partial charge < -0.3 is 24.1 Å². The number of ether oxygens (including phenoxy) is 4. The molecule has 1 aromatic rings. The van der Waals surface area contributed by atoms with Crippen molar-refractivity contribution in [3.8, 4) is 0 Å². The van der Waals surface area contributed by atoms with Crippen molar-refractivity contribution in [2.75, 3.05) is 20.8 Å². The maximum Gasteiger partial charge on any atom is 0.338 e. The van der Waals surface area contributed by atoms with E-state index < -0.39 is 30.6 Å². The first-order valence-electron chi connectivity index (χ1n) is 6.28. The summed E-state index contributed by atoms with van der Waals surface area (Å²) < 4.78 is 20.7. The van der Waals surface area contributed by atoms with Crippen molar-refractivity contribution in [1.82, 2.24) is 0 Å². The summed E-state index contributed by atoms with van der Waals surface area (Å²) in [6, 6.07) is 8.63. The van der Waals surface area contributed by atoms with Gasteiger partial charge in [0.2, 0.25) is 0 Å². The maximum absolute atomic E-state index is 11.8. The number of carbonyl (C=O) groups excluding carboxylic acids is 1. The second-order valence-electron chi connectivity index (χ2n) is 4.43. The second-order valence-corrected chi connectivity index (χ2v) is 4.43. The van der Waals surface area contributed by atoms with Crippen LogP contribution >= 0.6 is 0 Å². The van der Waals surface area contributed by atoms with Gasteiger partial charge in [0.05, 0.1) is 5.56 Å². The van der Waals surface area contributed by atoms with Crippen LogP contribution in [0.2, 0.25) is 0 Å². The van der Waals surface area contributed by atoms with E-state index in [1.165, 1.54) is 14.2 Å². The molecule has 0 radical (unpaired) electrons. The third-order valence-corrected chi connectivity index (χ3v) is 3.19. The van der Waals surface area contributed by atoms with Crippen LogP contribution in [0.1, 0.15) is 10.4 Å². The molecule has 20 heavy (non-hydrogen) atoms. The zero-order valence-corrected chi connectivity index (χ0v) is 11.4. The largest absolute Gasteiger partial charge is 0.459 e. The molecule has 0 aromatic heterocycles. The Morgan fingerprint density at radius 2 is 1.95 bits per heavy atom. The number of aliphatic hydroxyl groups excluding tert-OH is 1. The first-order chi connectivity index (χ1) is 9.67. The number of aliphatic hydroxyl groups is 1. The summed E-state index contributed by atoms with van der Waals surface area (Å²) in [5.41, 5.74) is 0.451. The highest BCUT2D eigenvalue weighted by molar-refractivity contribution is 5.89. The molecule has 2 unspecified atom stereocenters. The van der Waals surface area contributed by atoms with Gasteiger partial charge in [-0.15, -0.1) is 0 Å². The van der Waals surface area contributed by atoms with Crippen LogP contribution < -0.4 is 0 Å². The van der Waals surface area contributed by atoms with Crippen molar-refractivity contribution in [3.05, 3.63) is 35.9 Å². The van der Waals surface area contributed by atoms with Gasteiger partial charge in [0.15, 0.2) is 6.29 Å². The van der Waals surface area contributed by atoms with E-state index >= 15 is 0 Å². The Labute approximate surface area is 117 Å². The number of rotatable bonds is 5. The molecule has 6 nitrogen and oxygen atoms in total. The molecule has 0 bridgehead atoms. The van der Waals surface area contributed by atoms with Crippen molar-refractivity contribution in [3.63, 3.8) is 0 Å². The van der Waals surface area contributed by atoms with Crippen LogP contribution in [0.25, 0.3) is 0 Å². The predicted octanol–water partition coefficient (Wildman–Crippen LogP) is 0.591. The molecule has 2 rings (SSSR count). The van der Waals surface area contributed by atoms with Gasteiger partial charge in [0.25, 0.3) is 0 Å². The monoisotopic (exact) mass is 282 g/mol. The van der Waals surface area contributed by atoms with E-state index in [4.69, 9.17) is 18.9 Å². The molecule has 1 aliphatic rings. The molecule has 6 heteroatoms. The molecule has 1 aliphatic heterocycles. The zero-order chi connectivity index (χ0) is 14.5. The normalized spacial score (nSPS) is 29.4. The van der Waals surface area contributed by atoms with Crippen molar-refractivity contribution >= 4 is 5.97 Å². The Hall–Kier alpha value is -1.47. The molecular formula is C14H18O6. The molecule has 1 aromatic carbocycles. The summed E-state index contributed by atoms with van der Waals surface area (Å²) in [4.78, 5) is 11.8. The summed E-state index contributed by atoms with van der Waals surface area (Å²) in [7, 11) is 2.92. The van der Waals surface area contributed by atoms with Crippen molar-refractivity contribution in [2.45, 2.75) is 24.6 Å². The van der Waals surface area contributed by atoms with Gasteiger partial charge in [0, 0.05) is 14.2 Å². The van der Waals surface area contributed by atoms with Gasteiger partial charge in [-0.3, -0.25) is 0 Å². The van der Waals surface area contributed by atoms with E-state index in [0.29, 0.717) is 5.56 Å². The van der Waals surface area contributed by atoms with Gasteiger partial charge in [0.1, 0.15) is 24.9 Å². The van der Waals surface area contributed by atoms with E-state index in [0.717, 1.165) is 0 Å². The van der Waals surface area contributed by atoms with Gasteiger partial charge in [-0.25, -0.2) is 4.79 Å². The number of benzene rings is 1. The molecule has 1 N–H and O–H groups in total. The summed E-state index contributed by atoms with van der Waals surface area (Å²) in [6.45, 7) is -0.0609. The minimum Gasteiger partial charge on any atom is -0.459 e. The first kappa shape index (κ1) is 14.9. The quantitative estimate of drug-likeness (QED) is 0.797. The summed E-state index contributed by atoms with van der Waals surface area (Å²) in [6.07, 6.45) is -2.85. The maximum atomic E-state index is 11.8. The molecule has 110 valence electrons. The lowest BCUT2D eigenvalue weighted by Gasteiger charge is -2.16. The van der Waals surface area contributed by atoms with Crippen LogP contribution in [0.4, 0.5) is 0 Å². The molecule has 0 saturated carbocycles. The molecule has 0 aliphatic carbocycles. The van der Waals surface area contributed by atoms with Crippen molar-refractivity contribution in [2.24, 2.45) is 0 Å². The average molecular weight is 282 g/mol. The Kier molecular flexibility index (Phi) is 5.08. The minimum atomic E-state index is -0.909. The average Bonchev–Trinajstić information content (AvgIpc) is 2.81. The number of hydrogen-bond donors (Lipinski definition) is 1. The highest BCUT2D eigenvalue weighted by atomic mass is 16.7. The number of esters is 1. The fourth-order valence-electron chi connectivity index (χ4n) is 2.10. The highest BCUT2D eigenvalue weighted by Crippen LogP contribution is 2.24. The number of hydrogen-bond acceptors (Lipinski definition) is 6. The lowest BCUT2D eigenvalue weighted by Crippen LogP contribution is -2.36. The third kappa shape index (κ3) is 3.16. The molecular weight excluding hydrogens is 264 g/mol. The van der Waals surface area contributed by atoms with Gasteiger partial charge >= 0.3 is 5.97 Å². The Bertz CT molecular complexity index is 435. The second kappa shape index (κ2) is 6.81. The predicted molar refractivity (Wildman–Crippen MR) is 69.2 cm³/mol. The molecule has 0 amide bonds. The van der Waals surface area contributed by atoms with Crippen LogP contribution in [0.3, 0.4) is 0 Å². The van der Waals surface area contributed by atoms with Crippen molar-refractivity contribution in [1.29, 1.82) is 0 Å². The van der Waals surface area contributed by atoms with E-state index in [2.05, 4.69) is 0 Å². The lowest BCUT2D eigenvalue weighted by molar-refractivity contribution is -0.159. The molecule has 1 heterocycles. The number of carbonyl (C=O) groups is 1. The lowest BCUT2D eigenvalue weighted by atomic mass is 10.1. The third-order valence-electron chi connectivity index (χ3n) is 3.19. The minimum absolute atomic E-state index is 0.0609. The van der Waals surface area contributed by atoms with Crippen LogP contribution in [-0.2, 0) is 18.9 Å². The summed E-state index contributed by atoms with van der Waals surface area (Å²) in [5.74, 6) is -0.462. The van der Waals surface area contributed by atoms with E-state index in [1.54, 1.807) is 24.3 Å². The fraction of sp³-hybridized carbons (Fsp3) is 0.500. The Balaban J connectivity index is 1.90. The molecule has 0 spiro atoms. The van der Waals surface area contributed by atoms with Gasteiger partial charge in [-0.1, -0.05) is 18.2 Å². The molecule has 4 atom stereocenters. The van der Waals surface area contributed by atoms with Crippen LogP contribution in [0.5, 0.6) is 0 Å². The Morgan fingerprint density at radius 3 is 2.50 bits per heavy atom. The Morgan fingerprint density at radius 1 is 1.25 bits per heavy atom. The topological polar surface area (TPSA) is 74.2 Å². The molecule has 1 fully saturated rings. The highest BCUT2D eigenvalue weighted by Gasteiger charge is 2.44. The van der Waals surface area contributed by atoms with Crippen LogP contribution in [0, 0.1) is 0 Å². The zero-order valence-electron chi connectivity index (χ0n) is 11.4.